The molecule has 3 nitrogen and oxygen atoms in total. The van der Waals surface area contributed by atoms with Crippen molar-refractivity contribution >= 4 is 0 Å². The molecule has 0 aliphatic heterocycles. The van der Waals surface area contributed by atoms with E-state index >= 15 is 0 Å². The molecule has 0 N–H and O–H groups in total. The summed E-state index contributed by atoms with van der Waals surface area (Å²) in [6.45, 7) is 2.66. The molecule has 1 aromatic rings. The van der Waals surface area contributed by atoms with Crippen molar-refractivity contribution in [2.45, 2.75) is 103 Å². The van der Waals surface area contributed by atoms with Gasteiger partial charge in [0.2, 0.25) is 0 Å². The highest BCUT2D eigenvalue weighted by molar-refractivity contribution is 5.26. The Bertz CT molecular complexity index is 648. The van der Waals surface area contributed by atoms with Crippen molar-refractivity contribution < 1.29 is 27.4 Å². The van der Waals surface area contributed by atoms with Crippen molar-refractivity contribution in [2.24, 2.45) is 0 Å². The number of halogens is 3. The number of rotatable bonds is 21. The molecule has 0 radical (unpaired) electrons. The summed E-state index contributed by atoms with van der Waals surface area (Å²) < 4.78 is 52.0. The Labute approximate surface area is 204 Å². The fraction of sp³-hybridized carbons (Fsp3) is 0.714. The minimum absolute atomic E-state index is 0.353. The van der Waals surface area contributed by atoms with E-state index in [0.29, 0.717) is 26.2 Å². The van der Waals surface area contributed by atoms with E-state index in [1.54, 1.807) is 7.11 Å². The first kappa shape index (κ1) is 30.3. The zero-order valence-corrected chi connectivity index (χ0v) is 20.9. The van der Waals surface area contributed by atoms with Crippen LogP contribution in [0.1, 0.15) is 95.5 Å². The molecule has 0 amide bonds. The quantitative estimate of drug-likeness (QED) is 0.130. The second kappa shape index (κ2) is 20.6. The van der Waals surface area contributed by atoms with Crippen LogP contribution in [0.25, 0.3) is 0 Å². The summed E-state index contributed by atoms with van der Waals surface area (Å²) in [4.78, 5) is 0. The molecule has 0 aliphatic carbocycles. The van der Waals surface area contributed by atoms with Crippen molar-refractivity contribution in [1.29, 1.82) is 0 Å². The topological polar surface area (TPSA) is 27.7 Å². The molecule has 6 heteroatoms. The average Bonchev–Trinajstić information content (AvgIpc) is 2.82. The van der Waals surface area contributed by atoms with Crippen molar-refractivity contribution in [1.82, 2.24) is 0 Å². The van der Waals surface area contributed by atoms with Crippen LogP contribution in [0.5, 0.6) is 5.75 Å². The van der Waals surface area contributed by atoms with E-state index in [0.717, 1.165) is 43.6 Å². The molecular weight excluding hydrogens is 441 g/mol. The summed E-state index contributed by atoms with van der Waals surface area (Å²) in [7, 11) is 1.66. The van der Waals surface area contributed by atoms with E-state index in [4.69, 9.17) is 14.2 Å². The van der Waals surface area contributed by atoms with Gasteiger partial charge in [-0.05, 0) is 30.5 Å². The third-order valence-electron chi connectivity index (χ3n) is 5.62. The van der Waals surface area contributed by atoms with Gasteiger partial charge in [-0.2, -0.15) is 13.2 Å². The molecule has 0 saturated carbocycles. The monoisotopic (exact) mass is 484 g/mol. The number of benzene rings is 1. The molecule has 0 aliphatic rings. The Kier molecular flexibility index (Phi) is 18.4. The maximum Gasteiger partial charge on any atom is 0.457 e. The van der Waals surface area contributed by atoms with E-state index < -0.39 is 6.18 Å². The van der Waals surface area contributed by atoms with Gasteiger partial charge in [-0.25, -0.2) is 0 Å². The highest BCUT2D eigenvalue weighted by Crippen LogP contribution is 2.15. The van der Waals surface area contributed by atoms with Crippen LogP contribution in [0.15, 0.2) is 24.3 Å². The Morgan fingerprint density at radius 1 is 0.647 bits per heavy atom. The lowest BCUT2D eigenvalue weighted by Crippen LogP contribution is -2.05. The molecule has 1 rings (SSSR count). The minimum Gasteiger partial charge on any atom is -0.497 e. The molecule has 0 atom stereocenters. The fourth-order valence-corrected chi connectivity index (χ4v) is 3.66. The van der Waals surface area contributed by atoms with Gasteiger partial charge in [0.25, 0.3) is 0 Å². The standard InChI is InChI=1S/C28H43F3O3/c1-32-27-19-17-26(18-20-27)25-34-24-23-33-22-16-14-12-10-8-6-4-2-3-5-7-9-11-13-15-21-28(29,30)31/h17-20H,2-14,16,22-25H2,1H3. The van der Waals surface area contributed by atoms with E-state index in [1.165, 1.54) is 63.7 Å². The normalized spacial score (nSPS) is 11.3. The summed E-state index contributed by atoms with van der Waals surface area (Å²) in [5, 5.41) is 0. The summed E-state index contributed by atoms with van der Waals surface area (Å²) in [5.74, 6) is 4.38. The molecule has 0 saturated heterocycles. The maximum absolute atomic E-state index is 11.9. The third kappa shape index (κ3) is 19.7. The number of ether oxygens (including phenoxy) is 3. The maximum atomic E-state index is 11.9. The van der Waals surface area contributed by atoms with Crippen molar-refractivity contribution in [3.05, 3.63) is 29.8 Å². The number of hydrogen-bond donors (Lipinski definition) is 0. The molecule has 194 valence electrons. The van der Waals surface area contributed by atoms with Gasteiger partial charge in [0.05, 0.1) is 26.9 Å². The zero-order valence-electron chi connectivity index (χ0n) is 20.9. The van der Waals surface area contributed by atoms with E-state index in [9.17, 15) is 13.2 Å². The lowest BCUT2D eigenvalue weighted by atomic mass is 10.0. The fourth-order valence-electron chi connectivity index (χ4n) is 3.66. The van der Waals surface area contributed by atoms with Crippen LogP contribution in [0.3, 0.4) is 0 Å². The summed E-state index contributed by atoms with van der Waals surface area (Å²) in [6.07, 6.45) is 11.3. The van der Waals surface area contributed by atoms with Gasteiger partial charge in [-0.3, -0.25) is 0 Å². The first-order valence-corrected chi connectivity index (χ1v) is 12.9. The summed E-state index contributed by atoms with van der Waals surface area (Å²) >= 11 is 0. The molecular formula is C28H43F3O3. The van der Waals surface area contributed by atoms with Crippen molar-refractivity contribution in [2.75, 3.05) is 26.9 Å². The third-order valence-corrected chi connectivity index (χ3v) is 5.62. The SMILES string of the molecule is COc1ccc(COCCOCCCCCCCCCCCCCCCC#CC(F)(F)F)cc1. The van der Waals surface area contributed by atoms with Crippen LogP contribution in [-0.4, -0.2) is 33.1 Å². The summed E-state index contributed by atoms with van der Waals surface area (Å²) in [5.41, 5.74) is 1.13. The van der Waals surface area contributed by atoms with E-state index in [1.807, 2.05) is 24.3 Å². The Hall–Kier alpha value is -1.71. The van der Waals surface area contributed by atoms with Gasteiger partial charge in [0.1, 0.15) is 5.75 Å². The largest absolute Gasteiger partial charge is 0.497 e. The predicted octanol–water partition coefficient (Wildman–Crippen LogP) is 8.26. The second-order valence-corrected chi connectivity index (χ2v) is 8.66. The zero-order chi connectivity index (χ0) is 24.7. The Morgan fingerprint density at radius 3 is 1.68 bits per heavy atom. The molecule has 0 unspecified atom stereocenters. The number of methoxy groups -OCH3 is 1. The van der Waals surface area contributed by atoms with Crippen LogP contribution in [-0.2, 0) is 16.1 Å². The lowest BCUT2D eigenvalue weighted by molar-refractivity contribution is -0.0697. The molecule has 0 heterocycles. The number of unbranched alkanes of at least 4 members (excludes halogenated alkanes) is 13. The van der Waals surface area contributed by atoms with Gasteiger partial charge in [-0.1, -0.05) is 88.7 Å². The number of alkyl halides is 3. The molecule has 0 bridgehead atoms. The van der Waals surface area contributed by atoms with Crippen LogP contribution in [0.2, 0.25) is 0 Å². The Balaban J connectivity index is 1.73. The van der Waals surface area contributed by atoms with Crippen LogP contribution >= 0.6 is 0 Å². The molecule has 0 aromatic heterocycles. The first-order valence-electron chi connectivity index (χ1n) is 12.9. The molecule has 0 spiro atoms. The second-order valence-electron chi connectivity index (χ2n) is 8.66. The smallest absolute Gasteiger partial charge is 0.457 e. The Morgan fingerprint density at radius 2 is 1.15 bits per heavy atom. The van der Waals surface area contributed by atoms with Crippen molar-refractivity contribution in [3.8, 4) is 17.6 Å². The molecule has 0 fully saturated rings. The number of hydrogen-bond acceptors (Lipinski definition) is 3. The first-order chi connectivity index (χ1) is 16.5. The minimum atomic E-state index is -4.34. The molecule has 34 heavy (non-hydrogen) atoms. The molecule has 1 aromatic carbocycles. The van der Waals surface area contributed by atoms with E-state index in [2.05, 4.69) is 5.92 Å². The van der Waals surface area contributed by atoms with E-state index in [-0.39, 0.29) is 0 Å². The van der Waals surface area contributed by atoms with Gasteiger partial charge >= 0.3 is 6.18 Å². The van der Waals surface area contributed by atoms with Crippen molar-refractivity contribution in [3.63, 3.8) is 0 Å². The van der Waals surface area contributed by atoms with Crippen LogP contribution in [0.4, 0.5) is 13.2 Å². The lowest BCUT2D eigenvalue weighted by Gasteiger charge is -2.07. The van der Waals surface area contributed by atoms with Gasteiger partial charge in [-0.15, -0.1) is 0 Å². The highest BCUT2D eigenvalue weighted by Gasteiger charge is 2.22. The van der Waals surface area contributed by atoms with Gasteiger partial charge in [0.15, 0.2) is 0 Å². The van der Waals surface area contributed by atoms with Crippen LogP contribution in [0, 0.1) is 11.8 Å². The highest BCUT2D eigenvalue weighted by atomic mass is 19.4. The van der Waals surface area contributed by atoms with Gasteiger partial charge in [0, 0.05) is 18.9 Å². The average molecular weight is 485 g/mol. The summed E-state index contributed by atoms with van der Waals surface area (Å²) in [6, 6.07) is 7.89. The van der Waals surface area contributed by atoms with Gasteiger partial charge < -0.3 is 14.2 Å². The predicted molar refractivity (Wildman–Crippen MR) is 132 cm³/mol. The van der Waals surface area contributed by atoms with Crippen LogP contribution < -0.4 is 4.74 Å².